The standard InChI is InChI=1S/C14H23NO2/c1-14(2,3)7-8-17-12-6-5-11(10-15)9-13(12)16-4/h5-6,9H,7-8,10,15H2,1-4H3. The summed E-state index contributed by atoms with van der Waals surface area (Å²) < 4.78 is 11.0. The third-order valence-corrected chi connectivity index (χ3v) is 2.57. The Kier molecular flexibility index (Phi) is 4.82. The molecule has 17 heavy (non-hydrogen) atoms. The molecule has 0 unspecified atom stereocenters. The summed E-state index contributed by atoms with van der Waals surface area (Å²) in [7, 11) is 1.65. The third-order valence-electron chi connectivity index (χ3n) is 2.57. The summed E-state index contributed by atoms with van der Waals surface area (Å²) in [4.78, 5) is 0. The minimum Gasteiger partial charge on any atom is -0.493 e. The molecule has 0 aliphatic heterocycles. The molecule has 1 rings (SSSR count). The molecule has 3 nitrogen and oxygen atoms in total. The van der Waals surface area contributed by atoms with Gasteiger partial charge < -0.3 is 15.2 Å². The van der Waals surface area contributed by atoms with Gasteiger partial charge in [0, 0.05) is 6.54 Å². The zero-order valence-electron chi connectivity index (χ0n) is 11.2. The summed E-state index contributed by atoms with van der Waals surface area (Å²) in [5, 5.41) is 0. The van der Waals surface area contributed by atoms with E-state index in [2.05, 4.69) is 20.8 Å². The van der Waals surface area contributed by atoms with Crippen LogP contribution in [0.25, 0.3) is 0 Å². The summed E-state index contributed by atoms with van der Waals surface area (Å²) in [6, 6.07) is 5.81. The molecule has 0 saturated carbocycles. The Morgan fingerprint density at radius 2 is 1.88 bits per heavy atom. The summed E-state index contributed by atoms with van der Waals surface area (Å²) in [6.45, 7) is 7.81. The summed E-state index contributed by atoms with van der Waals surface area (Å²) in [5.74, 6) is 1.54. The van der Waals surface area contributed by atoms with E-state index in [1.54, 1.807) is 7.11 Å². The molecular weight excluding hydrogens is 214 g/mol. The van der Waals surface area contributed by atoms with E-state index in [0.29, 0.717) is 13.2 Å². The van der Waals surface area contributed by atoms with E-state index in [4.69, 9.17) is 15.2 Å². The van der Waals surface area contributed by atoms with Crippen molar-refractivity contribution in [2.75, 3.05) is 13.7 Å². The maximum Gasteiger partial charge on any atom is 0.161 e. The average molecular weight is 237 g/mol. The Balaban J connectivity index is 2.64. The fourth-order valence-corrected chi connectivity index (χ4v) is 1.43. The maximum atomic E-state index is 5.74. The van der Waals surface area contributed by atoms with E-state index in [1.165, 1.54) is 0 Å². The number of methoxy groups -OCH3 is 1. The first-order valence-corrected chi connectivity index (χ1v) is 5.96. The van der Waals surface area contributed by atoms with E-state index < -0.39 is 0 Å². The van der Waals surface area contributed by atoms with Crippen LogP contribution in [0.2, 0.25) is 0 Å². The molecule has 1 aromatic rings. The Labute approximate surface area is 104 Å². The van der Waals surface area contributed by atoms with Crippen LogP contribution in [0, 0.1) is 5.41 Å². The average Bonchev–Trinajstić information content (AvgIpc) is 2.27. The van der Waals surface area contributed by atoms with Gasteiger partial charge in [-0.3, -0.25) is 0 Å². The fourth-order valence-electron chi connectivity index (χ4n) is 1.43. The van der Waals surface area contributed by atoms with Crippen LogP contribution in [-0.4, -0.2) is 13.7 Å². The zero-order chi connectivity index (χ0) is 12.9. The first-order valence-electron chi connectivity index (χ1n) is 5.96. The van der Waals surface area contributed by atoms with Crippen molar-refractivity contribution >= 4 is 0 Å². The van der Waals surface area contributed by atoms with Crippen LogP contribution in [0.15, 0.2) is 18.2 Å². The van der Waals surface area contributed by atoms with E-state index in [9.17, 15) is 0 Å². The van der Waals surface area contributed by atoms with Gasteiger partial charge >= 0.3 is 0 Å². The fraction of sp³-hybridized carbons (Fsp3) is 0.571. The van der Waals surface area contributed by atoms with E-state index in [-0.39, 0.29) is 5.41 Å². The number of ether oxygens (including phenoxy) is 2. The Bertz CT molecular complexity index is 356. The van der Waals surface area contributed by atoms with Crippen molar-refractivity contribution in [2.24, 2.45) is 11.1 Å². The van der Waals surface area contributed by atoms with Gasteiger partial charge in [0.2, 0.25) is 0 Å². The minimum absolute atomic E-state index is 0.282. The summed E-state index contributed by atoms with van der Waals surface area (Å²) in [6.07, 6.45) is 1.01. The van der Waals surface area contributed by atoms with Gasteiger partial charge in [-0.25, -0.2) is 0 Å². The summed E-state index contributed by atoms with van der Waals surface area (Å²) >= 11 is 0. The molecule has 0 radical (unpaired) electrons. The molecule has 0 amide bonds. The minimum atomic E-state index is 0.282. The Hall–Kier alpha value is -1.22. The van der Waals surface area contributed by atoms with Gasteiger partial charge in [0.05, 0.1) is 13.7 Å². The molecule has 0 aromatic heterocycles. The molecular formula is C14H23NO2. The highest BCUT2D eigenvalue weighted by Crippen LogP contribution is 2.29. The highest BCUT2D eigenvalue weighted by molar-refractivity contribution is 5.42. The lowest BCUT2D eigenvalue weighted by atomic mass is 9.93. The van der Waals surface area contributed by atoms with Crippen molar-refractivity contribution in [3.05, 3.63) is 23.8 Å². The highest BCUT2D eigenvalue weighted by atomic mass is 16.5. The SMILES string of the molecule is COc1cc(CN)ccc1OCCC(C)(C)C. The lowest BCUT2D eigenvalue weighted by Crippen LogP contribution is -2.11. The van der Waals surface area contributed by atoms with Crippen LogP contribution >= 0.6 is 0 Å². The van der Waals surface area contributed by atoms with Gasteiger partial charge in [0.1, 0.15) is 0 Å². The lowest BCUT2D eigenvalue weighted by molar-refractivity contribution is 0.234. The Morgan fingerprint density at radius 3 is 2.41 bits per heavy atom. The van der Waals surface area contributed by atoms with Crippen molar-refractivity contribution < 1.29 is 9.47 Å². The van der Waals surface area contributed by atoms with Crippen molar-refractivity contribution in [1.82, 2.24) is 0 Å². The third kappa shape index (κ3) is 4.65. The number of nitrogens with two attached hydrogens (primary N) is 1. The van der Waals surface area contributed by atoms with Crippen LogP contribution in [0.1, 0.15) is 32.8 Å². The predicted molar refractivity (Wildman–Crippen MR) is 70.5 cm³/mol. The molecule has 3 heteroatoms. The molecule has 0 spiro atoms. The first-order chi connectivity index (χ1) is 7.96. The van der Waals surface area contributed by atoms with E-state index in [0.717, 1.165) is 23.5 Å². The highest BCUT2D eigenvalue weighted by Gasteiger charge is 2.11. The second-order valence-electron chi connectivity index (χ2n) is 5.35. The predicted octanol–water partition coefficient (Wildman–Crippen LogP) is 2.97. The van der Waals surface area contributed by atoms with Gasteiger partial charge in [-0.2, -0.15) is 0 Å². The normalized spacial score (nSPS) is 11.4. The molecule has 0 atom stereocenters. The van der Waals surface area contributed by atoms with Crippen LogP contribution in [0.3, 0.4) is 0 Å². The molecule has 96 valence electrons. The van der Waals surface area contributed by atoms with Crippen LogP contribution < -0.4 is 15.2 Å². The molecule has 0 saturated heterocycles. The van der Waals surface area contributed by atoms with E-state index in [1.807, 2.05) is 18.2 Å². The van der Waals surface area contributed by atoms with Crippen LogP contribution in [-0.2, 0) is 6.54 Å². The first kappa shape index (κ1) is 13.8. The van der Waals surface area contributed by atoms with Crippen molar-refractivity contribution in [3.63, 3.8) is 0 Å². The molecule has 0 aliphatic carbocycles. The van der Waals surface area contributed by atoms with Crippen LogP contribution in [0.5, 0.6) is 11.5 Å². The number of rotatable bonds is 5. The molecule has 0 fully saturated rings. The molecule has 2 N–H and O–H groups in total. The monoisotopic (exact) mass is 237 g/mol. The smallest absolute Gasteiger partial charge is 0.161 e. The summed E-state index contributed by atoms with van der Waals surface area (Å²) in [5.41, 5.74) is 6.91. The number of hydrogen-bond acceptors (Lipinski definition) is 3. The molecule has 0 heterocycles. The second kappa shape index (κ2) is 5.92. The molecule has 1 aromatic carbocycles. The number of benzene rings is 1. The quantitative estimate of drug-likeness (QED) is 0.856. The van der Waals surface area contributed by atoms with Gasteiger partial charge in [0.25, 0.3) is 0 Å². The molecule has 0 aliphatic rings. The van der Waals surface area contributed by atoms with Crippen LogP contribution in [0.4, 0.5) is 0 Å². The van der Waals surface area contributed by atoms with Crippen molar-refractivity contribution in [3.8, 4) is 11.5 Å². The van der Waals surface area contributed by atoms with Crippen molar-refractivity contribution in [1.29, 1.82) is 0 Å². The second-order valence-corrected chi connectivity index (χ2v) is 5.35. The van der Waals surface area contributed by atoms with Gasteiger partial charge in [0.15, 0.2) is 11.5 Å². The molecule has 0 bridgehead atoms. The van der Waals surface area contributed by atoms with Crippen molar-refractivity contribution in [2.45, 2.75) is 33.7 Å². The van der Waals surface area contributed by atoms with Gasteiger partial charge in [-0.1, -0.05) is 26.8 Å². The lowest BCUT2D eigenvalue weighted by Gasteiger charge is -2.19. The topological polar surface area (TPSA) is 44.5 Å². The van der Waals surface area contributed by atoms with Gasteiger partial charge in [-0.15, -0.1) is 0 Å². The maximum absolute atomic E-state index is 5.74. The largest absolute Gasteiger partial charge is 0.493 e. The Morgan fingerprint density at radius 1 is 1.18 bits per heavy atom. The number of hydrogen-bond donors (Lipinski definition) is 1. The zero-order valence-corrected chi connectivity index (χ0v) is 11.2. The van der Waals surface area contributed by atoms with E-state index >= 15 is 0 Å². The van der Waals surface area contributed by atoms with Gasteiger partial charge in [-0.05, 0) is 29.5 Å².